The van der Waals surface area contributed by atoms with Crippen molar-refractivity contribution in [3.63, 3.8) is 0 Å². The number of aromatic hydroxyl groups is 1. The Balaban J connectivity index is 2.08. The predicted molar refractivity (Wildman–Crippen MR) is 73.4 cm³/mol. The van der Waals surface area contributed by atoms with Crippen molar-refractivity contribution in [2.24, 2.45) is 0 Å². The molecule has 2 rings (SSSR count). The first-order valence-corrected chi connectivity index (χ1v) is 6.37. The van der Waals surface area contributed by atoms with Crippen LogP contribution in [0.3, 0.4) is 0 Å². The molecule has 0 aliphatic heterocycles. The highest BCUT2D eigenvalue weighted by atomic mass is 79.9. The summed E-state index contributed by atoms with van der Waals surface area (Å²) in [5.74, 6) is -1.40. The highest BCUT2D eigenvalue weighted by molar-refractivity contribution is 9.10. The molecule has 0 aromatic heterocycles. The van der Waals surface area contributed by atoms with Gasteiger partial charge in [-0.15, -0.1) is 0 Å². The quantitative estimate of drug-likeness (QED) is 0.911. The van der Waals surface area contributed by atoms with Gasteiger partial charge in [0.25, 0.3) is 5.91 Å². The lowest BCUT2D eigenvalue weighted by Crippen LogP contribution is -2.23. The molecule has 0 fully saturated rings. The Morgan fingerprint density at radius 3 is 2.68 bits per heavy atom. The van der Waals surface area contributed by atoms with E-state index < -0.39 is 11.7 Å². The van der Waals surface area contributed by atoms with E-state index in [1.165, 1.54) is 6.07 Å². The number of carbonyl (C=O) groups is 1. The Kier molecular flexibility index (Phi) is 4.16. The first kappa shape index (κ1) is 13.5. The Hall–Kier alpha value is -1.88. The third-order valence-electron chi connectivity index (χ3n) is 2.60. The summed E-state index contributed by atoms with van der Waals surface area (Å²) in [5.41, 5.74) is 0.964. The monoisotopic (exact) mass is 323 g/mol. The number of hydrogen-bond acceptors (Lipinski definition) is 2. The van der Waals surface area contributed by atoms with Crippen LogP contribution in [-0.4, -0.2) is 11.0 Å². The van der Waals surface area contributed by atoms with E-state index in [-0.39, 0.29) is 11.3 Å². The number of amides is 1. The Labute approximate surface area is 118 Å². The van der Waals surface area contributed by atoms with Gasteiger partial charge < -0.3 is 10.4 Å². The fourth-order valence-corrected chi connectivity index (χ4v) is 2.03. The Morgan fingerprint density at radius 2 is 2.00 bits per heavy atom. The third-order valence-corrected chi connectivity index (χ3v) is 3.38. The second kappa shape index (κ2) is 5.84. The topological polar surface area (TPSA) is 49.3 Å². The number of benzene rings is 2. The van der Waals surface area contributed by atoms with Crippen LogP contribution in [0.5, 0.6) is 5.75 Å². The van der Waals surface area contributed by atoms with Crippen LogP contribution in [0.15, 0.2) is 46.9 Å². The van der Waals surface area contributed by atoms with E-state index in [1.807, 2.05) is 24.3 Å². The molecule has 0 heterocycles. The van der Waals surface area contributed by atoms with Crippen LogP contribution in [0.25, 0.3) is 0 Å². The molecule has 2 aromatic rings. The van der Waals surface area contributed by atoms with Gasteiger partial charge in [-0.05, 0) is 23.8 Å². The summed E-state index contributed by atoms with van der Waals surface area (Å²) in [5, 5.41) is 12.2. The molecule has 0 atom stereocenters. The average Bonchev–Trinajstić information content (AvgIpc) is 2.37. The van der Waals surface area contributed by atoms with Gasteiger partial charge in [0, 0.05) is 17.1 Å². The molecule has 0 spiro atoms. The highest BCUT2D eigenvalue weighted by Gasteiger charge is 2.11. The van der Waals surface area contributed by atoms with E-state index in [9.17, 15) is 14.3 Å². The molecule has 0 unspecified atom stereocenters. The molecule has 0 aliphatic rings. The largest absolute Gasteiger partial charge is 0.507 e. The standard InChI is InChI=1S/C14H11BrFNO2/c15-12-4-2-1-3-9(12)8-17-14(19)11-6-5-10(16)7-13(11)18/h1-7,18H,8H2,(H,17,19). The fourth-order valence-electron chi connectivity index (χ4n) is 1.61. The Morgan fingerprint density at radius 1 is 1.26 bits per heavy atom. The molecule has 3 nitrogen and oxygen atoms in total. The summed E-state index contributed by atoms with van der Waals surface area (Å²) >= 11 is 3.38. The summed E-state index contributed by atoms with van der Waals surface area (Å²) in [7, 11) is 0. The van der Waals surface area contributed by atoms with Crippen LogP contribution in [-0.2, 0) is 6.54 Å². The summed E-state index contributed by atoms with van der Waals surface area (Å²) in [6.07, 6.45) is 0. The van der Waals surface area contributed by atoms with Gasteiger partial charge in [0.05, 0.1) is 5.56 Å². The molecule has 0 saturated carbocycles. The van der Waals surface area contributed by atoms with Gasteiger partial charge in [-0.2, -0.15) is 0 Å². The lowest BCUT2D eigenvalue weighted by atomic mass is 10.1. The lowest BCUT2D eigenvalue weighted by molar-refractivity contribution is 0.0948. The zero-order valence-corrected chi connectivity index (χ0v) is 11.4. The molecule has 5 heteroatoms. The second-order valence-electron chi connectivity index (χ2n) is 3.94. The molecular weight excluding hydrogens is 313 g/mol. The van der Waals surface area contributed by atoms with Crippen molar-refractivity contribution in [2.45, 2.75) is 6.54 Å². The average molecular weight is 324 g/mol. The van der Waals surface area contributed by atoms with Gasteiger partial charge in [-0.25, -0.2) is 4.39 Å². The van der Waals surface area contributed by atoms with E-state index >= 15 is 0 Å². The highest BCUT2D eigenvalue weighted by Crippen LogP contribution is 2.19. The van der Waals surface area contributed by atoms with Crippen LogP contribution in [0, 0.1) is 5.82 Å². The van der Waals surface area contributed by atoms with E-state index in [4.69, 9.17) is 0 Å². The van der Waals surface area contributed by atoms with Crippen molar-refractivity contribution in [3.8, 4) is 5.75 Å². The summed E-state index contributed by atoms with van der Waals surface area (Å²) in [4.78, 5) is 11.9. The van der Waals surface area contributed by atoms with Crippen LogP contribution in [0.1, 0.15) is 15.9 Å². The minimum atomic E-state index is -0.583. The second-order valence-corrected chi connectivity index (χ2v) is 4.79. The first-order valence-electron chi connectivity index (χ1n) is 5.58. The molecule has 19 heavy (non-hydrogen) atoms. The minimum Gasteiger partial charge on any atom is -0.507 e. The first-order chi connectivity index (χ1) is 9.08. The normalized spacial score (nSPS) is 10.2. The molecule has 0 radical (unpaired) electrons. The number of phenolic OH excluding ortho intramolecular Hbond substituents is 1. The molecule has 0 saturated heterocycles. The van der Waals surface area contributed by atoms with E-state index in [0.717, 1.165) is 22.2 Å². The number of phenols is 1. The molecule has 1 amide bonds. The van der Waals surface area contributed by atoms with Crippen molar-refractivity contribution < 1.29 is 14.3 Å². The third kappa shape index (κ3) is 3.32. The van der Waals surface area contributed by atoms with Gasteiger partial charge in [-0.1, -0.05) is 34.1 Å². The SMILES string of the molecule is O=C(NCc1ccccc1Br)c1ccc(F)cc1O. The van der Waals surface area contributed by atoms with E-state index in [2.05, 4.69) is 21.2 Å². The van der Waals surface area contributed by atoms with Crippen molar-refractivity contribution in [1.82, 2.24) is 5.32 Å². The maximum Gasteiger partial charge on any atom is 0.255 e. The molecule has 2 aromatic carbocycles. The summed E-state index contributed by atoms with van der Waals surface area (Å²) in [6.45, 7) is 0.317. The van der Waals surface area contributed by atoms with Gasteiger partial charge in [0.15, 0.2) is 0 Å². The van der Waals surface area contributed by atoms with Gasteiger partial charge in [0.2, 0.25) is 0 Å². The minimum absolute atomic E-state index is 0.0495. The van der Waals surface area contributed by atoms with Gasteiger partial charge in [0.1, 0.15) is 11.6 Å². The smallest absolute Gasteiger partial charge is 0.255 e. The van der Waals surface area contributed by atoms with Gasteiger partial charge >= 0.3 is 0 Å². The molecule has 2 N–H and O–H groups in total. The maximum absolute atomic E-state index is 12.8. The zero-order valence-electron chi connectivity index (χ0n) is 9.86. The zero-order chi connectivity index (χ0) is 13.8. The van der Waals surface area contributed by atoms with E-state index in [0.29, 0.717) is 6.54 Å². The van der Waals surface area contributed by atoms with Crippen molar-refractivity contribution in [3.05, 3.63) is 63.9 Å². The summed E-state index contributed by atoms with van der Waals surface area (Å²) in [6, 6.07) is 10.8. The number of nitrogens with one attached hydrogen (secondary N) is 1. The molecular formula is C14H11BrFNO2. The van der Waals surface area contributed by atoms with E-state index in [1.54, 1.807) is 0 Å². The van der Waals surface area contributed by atoms with Crippen LogP contribution in [0.2, 0.25) is 0 Å². The fraction of sp³-hybridized carbons (Fsp3) is 0.0714. The van der Waals surface area contributed by atoms with Crippen LogP contribution < -0.4 is 5.32 Å². The number of rotatable bonds is 3. The van der Waals surface area contributed by atoms with Gasteiger partial charge in [-0.3, -0.25) is 4.79 Å². The molecule has 98 valence electrons. The Bertz CT molecular complexity index is 616. The number of hydrogen-bond donors (Lipinski definition) is 2. The number of carbonyl (C=O) groups excluding carboxylic acids is 1. The number of halogens is 2. The van der Waals surface area contributed by atoms with Crippen LogP contribution >= 0.6 is 15.9 Å². The van der Waals surface area contributed by atoms with Crippen molar-refractivity contribution >= 4 is 21.8 Å². The van der Waals surface area contributed by atoms with Crippen LogP contribution in [0.4, 0.5) is 4.39 Å². The molecule has 0 bridgehead atoms. The van der Waals surface area contributed by atoms with Crippen molar-refractivity contribution in [1.29, 1.82) is 0 Å². The predicted octanol–water partition coefficient (Wildman–Crippen LogP) is 3.22. The molecule has 0 aliphatic carbocycles. The summed E-state index contributed by atoms with van der Waals surface area (Å²) < 4.78 is 13.7. The van der Waals surface area contributed by atoms with Crippen molar-refractivity contribution in [2.75, 3.05) is 0 Å². The lowest BCUT2D eigenvalue weighted by Gasteiger charge is -2.08. The maximum atomic E-state index is 12.8.